The van der Waals surface area contributed by atoms with Crippen molar-refractivity contribution in [2.45, 2.75) is 45.1 Å². The second kappa shape index (κ2) is 6.29. The average molecular weight is 237 g/mol. The number of terminal acetylenes is 1. The van der Waals surface area contributed by atoms with Crippen LogP contribution in [-0.4, -0.2) is 23.0 Å². The van der Waals surface area contributed by atoms with Crippen LogP contribution in [0.1, 0.15) is 39.0 Å². The highest BCUT2D eigenvalue weighted by Crippen LogP contribution is 2.31. The summed E-state index contributed by atoms with van der Waals surface area (Å²) in [6.45, 7) is 1.97. The van der Waals surface area contributed by atoms with E-state index in [9.17, 15) is 9.59 Å². The molecule has 1 fully saturated rings. The van der Waals surface area contributed by atoms with Gasteiger partial charge >= 0.3 is 5.97 Å². The molecule has 1 aliphatic carbocycles. The Bertz CT molecular complexity index is 332. The fourth-order valence-corrected chi connectivity index (χ4v) is 2.20. The number of carbonyl (C=O) groups is 2. The molecule has 2 N–H and O–H groups in total. The molecule has 0 radical (unpaired) electrons. The molecule has 0 saturated heterocycles. The molecular weight excluding hydrogens is 218 g/mol. The van der Waals surface area contributed by atoms with Gasteiger partial charge in [-0.25, -0.2) is 0 Å². The third-order valence-corrected chi connectivity index (χ3v) is 3.36. The number of hydrogen-bond acceptors (Lipinski definition) is 2. The largest absolute Gasteiger partial charge is 0.481 e. The number of rotatable bonds is 5. The van der Waals surface area contributed by atoms with E-state index in [1.807, 2.05) is 6.92 Å². The van der Waals surface area contributed by atoms with E-state index in [1.165, 1.54) is 0 Å². The summed E-state index contributed by atoms with van der Waals surface area (Å²) in [5, 5.41) is 11.8. The lowest BCUT2D eigenvalue weighted by atomic mass is 10.0. The van der Waals surface area contributed by atoms with Gasteiger partial charge in [-0.1, -0.05) is 6.92 Å². The third-order valence-electron chi connectivity index (χ3n) is 3.36. The molecule has 0 bridgehead atoms. The van der Waals surface area contributed by atoms with Crippen molar-refractivity contribution < 1.29 is 14.7 Å². The zero-order valence-electron chi connectivity index (χ0n) is 10.1. The smallest absolute Gasteiger partial charge is 0.306 e. The predicted octanol–water partition coefficient (Wildman–Crippen LogP) is 1.41. The molecule has 0 aromatic rings. The first-order valence-corrected chi connectivity index (χ1v) is 6.05. The van der Waals surface area contributed by atoms with Gasteiger partial charge in [0, 0.05) is 18.4 Å². The van der Waals surface area contributed by atoms with E-state index >= 15 is 0 Å². The van der Waals surface area contributed by atoms with Crippen LogP contribution in [0.15, 0.2) is 0 Å². The summed E-state index contributed by atoms with van der Waals surface area (Å²) in [6.07, 6.45) is 8.25. The number of carboxylic acid groups (broad SMARTS) is 1. The number of carboxylic acids is 1. The van der Waals surface area contributed by atoms with Crippen LogP contribution < -0.4 is 5.32 Å². The zero-order valence-corrected chi connectivity index (χ0v) is 10.1. The minimum atomic E-state index is -0.795. The first-order chi connectivity index (χ1) is 8.08. The monoisotopic (exact) mass is 237 g/mol. The van der Waals surface area contributed by atoms with Crippen LogP contribution >= 0.6 is 0 Å². The van der Waals surface area contributed by atoms with Gasteiger partial charge in [-0.15, -0.1) is 12.3 Å². The lowest BCUT2D eigenvalue weighted by molar-refractivity contribution is -0.141. The zero-order chi connectivity index (χ0) is 12.8. The topological polar surface area (TPSA) is 66.4 Å². The molecule has 4 heteroatoms. The highest BCUT2D eigenvalue weighted by atomic mass is 16.4. The molecule has 4 nitrogen and oxygen atoms in total. The fraction of sp³-hybridized carbons (Fsp3) is 0.692. The maximum Gasteiger partial charge on any atom is 0.306 e. The Morgan fingerprint density at radius 1 is 1.47 bits per heavy atom. The van der Waals surface area contributed by atoms with Crippen LogP contribution in [0.5, 0.6) is 0 Å². The van der Waals surface area contributed by atoms with Gasteiger partial charge in [0.1, 0.15) is 0 Å². The van der Waals surface area contributed by atoms with Gasteiger partial charge in [-0.3, -0.25) is 9.59 Å². The second-order valence-electron chi connectivity index (χ2n) is 4.57. The minimum Gasteiger partial charge on any atom is -0.481 e. The third kappa shape index (κ3) is 3.77. The first kappa shape index (κ1) is 13.6. The van der Waals surface area contributed by atoms with Crippen molar-refractivity contribution in [3.63, 3.8) is 0 Å². The molecule has 1 aliphatic rings. The van der Waals surface area contributed by atoms with Crippen LogP contribution in [0.3, 0.4) is 0 Å². The molecule has 17 heavy (non-hydrogen) atoms. The van der Waals surface area contributed by atoms with Crippen molar-refractivity contribution in [2.75, 3.05) is 0 Å². The molecular formula is C13H19NO3. The molecule has 0 heterocycles. The Balaban J connectivity index is 2.44. The van der Waals surface area contributed by atoms with E-state index in [0.717, 1.165) is 6.42 Å². The Morgan fingerprint density at radius 2 is 2.12 bits per heavy atom. The number of hydrogen-bond donors (Lipinski definition) is 2. The SMILES string of the molecule is C#CCC(CC)NC(=O)[C@@H]1CC[C@H](C(=O)O)C1. The van der Waals surface area contributed by atoms with E-state index in [0.29, 0.717) is 25.7 Å². The molecule has 0 aliphatic heterocycles. The van der Waals surface area contributed by atoms with E-state index < -0.39 is 5.97 Å². The van der Waals surface area contributed by atoms with Crippen molar-refractivity contribution in [1.29, 1.82) is 0 Å². The quantitative estimate of drug-likeness (QED) is 0.710. The molecule has 1 rings (SSSR count). The predicted molar refractivity (Wildman–Crippen MR) is 64.1 cm³/mol. The number of nitrogens with one attached hydrogen (secondary N) is 1. The van der Waals surface area contributed by atoms with E-state index in [2.05, 4.69) is 11.2 Å². The summed E-state index contributed by atoms with van der Waals surface area (Å²) in [5.74, 6) is 1.17. The summed E-state index contributed by atoms with van der Waals surface area (Å²) in [5.41, 5.74) is 0. The Hall–Kier alpha value is -1.50. The van der Waals surface area contributed by atoms with E-state index in [1.54, 1.807) is 0 Å². The molecule has 1 unspecified atom stereocenters. The van der Waals surface area contributed by atoms with Gasteiger partial charge in [-0.2, -0.15) is 0 Å². The van der Waals surface area contributed by atoms with Gasteiger partial charge in [0.2, 0.25) is 5.91 Å². The second-order valence-corrected chi connectivity index (χ2v) is 4.57. The Kier molecular flexibility index (Phi) is 5.02. The van der Waals surface area contributed by atoms with Crippen LogP contribution in [0, 0.1) is 24.2 Å². The molecule has 1 amide bonds. The molecule has 1 saturated carbocycles. The van der Waals surface area contributed by atoms with Gasteiger partial charge in [-0.05, 0) is 25.7 Å². The van der Waals surface area contributed by atoms with Gasteiger partial charge in [0.05, 0.1) is 5.92 Å². The van der Waals surface area contributed by atoms with Gasteiger partial charge < -0.3 is 10.4 Å². The van der Waals surface area contributed by atoms with Crippen LogP contribution in [0.2, 0.25) is 0 Å². The van der Waals surface area contributed by atoms with Crippen molar-refractivity contribution in [2.24, 2.45) is 11.8 Å². The van der Waals surface area contributed by atoms with Crippen LogP contribution in [0.4, 0.5) is 0 Å². The summed E-state index contributed by atoms with van der Waals surface area (Å²) in [4.78, 5) is 22.7. The van der Waals surface area contributed by atoms with Crippen molar-refractivity contribution in [1.82, 2.24) is 5.32 Å². The summed E-state index contributed by atoms with van der Waals surface area (Å²) in [6, 6.07) is 0.0105. The number of amides is 1. The summed E-state index contributed by atoms with van der Waals surface area (Å²) >= 11 is 0. The van der Waals surface area contributed by atoms with E-state index in [4.69, 9.17) is 11.5 Å². The molecule has 3 atom stereocenters. The average Bonchev–Trinajstić information content (AvgIpc) is 2.77. The molecule has 0 aromatic carbocycles. The van der Waals surface area contributed by atoms with Gasteiger partial charge in [0.25, 0.3) is 0 Å². The lowest BCUT2D eigenvalue weighted by Crippen LogP contribution is -2.37. The maximum absolute atomic E-state index is 11.9. The normalized spacial score (nSPS) is 24.9. The number of aliphatic carboxylic acids is 1. The van der Waals surface area contributed by atoms with Crippen molar-refractivity contribution >= 4 is 11.9 Å². The lowest BCUT2D eigenvalue weighted by Gasteiger charge is -2.17. The molecule has 0 spiro atoms. The number of carbonyl (C=O) groups excluding carboxylic acids is 1. The Morgan fingerprint density at radius 3 is 2.59 bits per heavy atom. The maximum atomic E-state index is 11.9. The standard InChI is InChI=1S/C13H19NO3/c1-3-5-11(4-2)14-12(15)9-6-7-10(8-9)13(16)17/h1,9-11H,4-8H2,2H3,(H,14,15)(H,16,17)/t9-,10+,11?/m1/s1. The van der Waals surface area contributed by atoms with Crippen LogP contribution in [-0.2, 0) is 9.59 Å². The van der Waals surface area contributed by atoms with E-state index in [-0.39, 0.29) is 23.8 Å². The first-order valence-electron chi connectivity index (χ1n) is 6.05. The fourth-order valence-electron chi connectivity index (χ4n) is 2.20. The summed E-state index contributed by atoms with van der Waals surface area (Å²) in [7, 11) is 0. The van der Waals surface area contributed by atoms with Gasteiger partial charge in [0.15, 0.2) is 0 Å². The minimum absolute atomic E-state index is 0.0105. The molecule has 94 valence electrons. The van der Waals surface area contributed by atoms with Crippen molar-refractivity contribution in [3.8, 4) is 12.3 Å². The molecule has 0 aromatic heterocycles. The highest BCUT2D eigenvalue weighted by Gasteiger charge is 2.34. The van der Waals surface area contributed by atoms with Crippen LogP contribution in [0.25, 0.3) is 0 Å². The van der Waals surface area contributed by atoms with Crippen molar-refractivity contribution in [3.05, 3.63) is 0 Å². The summed E-state index contributed by atoms with van der Waals surface area (Å²) < 4.78 is 0. The Labute approximate surface area is 102 Å². The highest BCUT2D eigenvalue weighted by molar-refractivity contribution is 5.81.